The van der Waals surface area contributed by atoms with Crippen LogP contribution in [0, 0.1) is 5.95 Å². The highest BCUT2D eigenvalue weighted by Crippen LogP contribution is 2.22. The molecule has 0 bridgehead atoms. The fourth-order valence-electron chi connectivity index (χ4n) is 2.24. The Hall–Kier alpha value is -3.07. The molecule has 0 aliphatic heterocycles. The minimum atomic E-state index is -0.485. The lowest BCUT2D eigenvalue weighted by Gasteiger charge is -2.20. The van der Waals surface area contributed by atoms with Gasteiger partial charge in [0.25, 0.3) is 5.91 Å². The molecule has 0 aliphatic carbocycles. The van der Waals surface area contributed by atoms with Crippen LogP contribution in [0.2, 0.25) is 0 Å². The molecule has 3 rings (SSSR count). The number of hydrogen-bond acceptors (Lipinski definition) is 6. The lowest BCUT2D eigenvalue weighted by atomic mass is 10.1. The number of nitrogens with zero attached hydrogens (tertiary/aromatic N) is 3. The van der Waals surface area contributed by atoms with Crippen molar-refractivity contribution in [3.8, 4) is 11.4 Å². The Morgan fingerprint density at radius 1 is 1.24 bits per heavy atom. The van der Waals surface area contributed by atoms with Gasteiger partial charge in [0.1, 0.15) is 12.0 Å². The number of carbonyl (C=O) groups is 2. The highest BCUT2D eigenvalue weighted by atomic mass is 32.1. The van der Waals surface area contributed by atoms with Gasteiger partial charge < -0.3 is 20.0 Å². The molecule has 9 heteroatoms. The fourth-order valence-corrected chi connectivity index (χ4v) is 2.91. The minimum Gasteiger partial charge on any atom is -0.365 e. The van der Waals surface area contributed by atoms with Gasteiger partial charge in [-0.15, -0.1) is 11.3 Å². The summed E-state index contributed by atoms with van der Waals surface area (Å²) in [7, 11) is 1.79. The van der Waals surface area contributed by atoms with E-state index in [0.717, 1.165) is 5.13 Å². The van der Waals surface area contributed by atoms with Crippen LogP contribution in [0.5, 0.6) is 0 Å². The maximum absolute atomic E-state index is 12.8. The summed E-state index contributed by atoms with van der Waals surface area (Å²) in [5, 5.41) is 8.05. The molecule has 0 spiro atoms. The topological polar surface area (TPSA) is 88.9 Å². The van der Waals surface area contributed by atoms with Gasteiger partial charge in [0, 0.05) is 30.4 Å². The molecule has 3 aromatic rings. The number of amides is 1. The average Bonchev–Trinajstić information content (AvgIpc) is 3.36. The Kier molecular flexibility index (Phi) is 7.60. The number of rotatable bonds is 5. The first-order valence-electron chi connectivity index (χ1n) is 8.91. The number of anilines is 1. The molecule has 7 nitrogen and oxygen atoms in total. The van der Waals surface area contributed by atoms with Crippen LogP contribution in [0.15, 0.2) is 42.0 Å². The summed E-state index contributed by atoms with van der Waals surface area (Å²) in [4.78, 5) is 29.5. The largest absolute Gasteiger partial charge is 0.365 e. The molecule has 0 unspecified atom stereocenters. The van der Waals surface area contributed by atoms with E-state index in [1.54, 1.807) is 31.4 Å². The van der Waals surface area contributed by atoms with E-state index in [4.69, 9.17) is 0 Å². The first-order chi connectivity index (χ1) is 13.7. The van der Waals surface area contributed by atoms with Crippen molar-refractivity contribution in [3.05, 3.63) is 53.6 Å². The molecular weight excluding hydrogens is 393 g/mol. The average molecular weight is 418 g/mol. The molecule has 1 amide bonds. The van der Waals surface area contributed by atoms with Crippen LogP contribution in [0.4, 0.5) is 9.52 Å². The Bertz CT molecular complexity index is 962. The Labute approximate surface area is 173 Å². The summed E-state index contributed by atoms with van der Waals surface area (Å²) in [6.45, 7) is 6.22. The van der Waals surface area contributed by atoms with E-state index in [9.17, 15) is 14.0 Å². The molecule has 0 aromatic carbocycles. The summed E-state index contributed by atoms with van der Waals surface area (Å²) in [5.41, 5.74) is 1.79. The van der Waals surface area contributed by atoms with Crippen molar-refractivity contribution in [2.45, 2.75) is 26.3 Å². The zero-order valence-electron chi connectivity index (χ0n) is 16.8. The second kappa shape index (κ2) is 9.92. The third-order valence-electron chi connectivity index (χ3n) is 3.77. The minimum absolute atomic E-state index is 0.0385. The molecule has 29 heavy (non-hydrogen) atoms. The Morgan fingerprint density at radius 3 is 2.55 bits per heavy atom. The van der Waals surface area contributed by atoms with Crippen molar-refractivity contribution in [2.24, 2.45) is 0 Å². The third kappa shape index (κ3) is 6.49. The summed E-state index contributed by atoms with van der Waals surface area (Å²) >= 11 is 1.47. The van der Waals surface area contributed by atoms with Gasteiger partial charge >= 0.3 is 0 Å². The van der Waals surface area contributed by atoms with Crippen LogP contribution < -0.4 is 10.6 Å². The van der Waals surface area contributed by atoms with Gasteiger partial charge in [0.2, 0.25) is 5.95 Å². The fraction of sp³-hybridized carbons (Fsp3) is 0.300. The second-order valence-electron chi connectivity index (χ2n) is 6.99. The lowest BCUT2D eigenvalue weighted by molar-refractivity contribution is -0.107. The Balaban J connectivity index is 0.000000207. The van der Waals surface area contributed by atoms with Gasteiger partial charge in [-0.3, -0.25) is 4.79 Å². The molecule has 0 saturated heterocycles. The third-order valence-corrected chi connectivity index (χ3v) is 4.63. The van der Waals surface area contributed by atoms with E-state index in [-0.39, 0.29) is 18.0 Å². The number of hydrogen-bond donors (Lipinski definition) is 2. The predicted molar refractivity (Wildman–Crippen MR) is 113 cm³/mol. The first kappa shape index (κ1) is 22.2. The molecule has 0 fully saturated rings. The zero-order valence-corrected chi connectivity index (χ0v) is 17.6. The van der Waals surface area contributed by atoms with Crippen molar-refractivity contribution in [2.75, 3.05) is 18.9 Å². The van der Waals surface area contributed by atoms with E-state index in [1.807, 2.05) is 16.1 Å². The highest BCUT2D eigenvalue weighted by molar-refractivity contribution is 7.14. The number of aromatic nitrogens is 3. The van der Waals surface area contributed by atoms with Gasteiger partial charge in [-0.05, 0) is 39.0 Å². The summed E-state index contributed by atoms with van der Waals surface area (Å²) < 4.78 is 14.8. The van der Waals surface area contributed by atoms with E-state index in [0.29, 0.717) is 23.2 Å². The summed E-state index contributed by atoms with van der Waals surface area (Å²) in [6, 6.07) is 6.41. The summed E-state index contributed by atoms with van der Waals surface area (Å²) in [6.07, 6.45) is 4.30. The van der Waals surface area contributed by atoms with E-state index < -0.39 is 5.95 Å². The predicted octanol–water partition coefficient (Wildman–Crippen LogP) is 3.56. The van der Waals surface area contributed by atoms with Crippen LogP contribution in [0.3, 0.4) is 0 Å². The van der Waals surface area contributed by atoms with Gasteiger partial charge in [-0.25, -0.2) is 9.97 Å². The van der Waals surface area contributed by atoms with Crippen molar-refractivity contribution < 1.29 is 14.0 Å². The van der Waals surface area contributed by atoms with E-state index in [1.165, 1.54) is 17.4 Å². The van der Waals surface area contributed by atoms with Crippen molar-refractivity contribution in [1.82, 2.24) is 19.9 Å². The monoisotopic (exact) mass is 417 g/mol. The number of thiazole rings is 1. The zero-order chi connectivity index (χ0) is 21.4. The SMILES string of the molecule is CC(C)(C)n1ccc(C(=O)NCC=O)c1.CNc1nc(-c2cccc(F)n2)cs1. The molecule has 0 saturated carbocycles. The van der Waals surface area contributed by atoms with Crippen molar-refractivity contribution in [3.63, 3.8) is 0 Å². The lowest BCUT2D eigenvalue weighted by Crippen LogP contribution is -2.25. The molecule has 3 heterocycles. The maximum Gasteiger partial charge on any atom is 0.253 e. The quantitative estimate of drug-likeness (QED) is 0.489. The van der Waals surface area contributed by atoms with Crippen LogP contribution >= 0.6 is 11.3 Å². The van der Waals surface area contributed by atoms with Crippen LogP contribution in [-0.2, 0) is 10.3 Å². The highest BCUT2D eigenvalue weighted by Gasteiger charge is 2.14. The van der Waals surface area contributed by atoms with Gasteiger partial charge in [0.15, 0.2) is 5.13 Å². The number of halogens is 1. The molecule has 154 valence electrons. The number of carbonyl (C=O) groups excluding carboxylic acids is 2. The molecule has 0 radical (unpaired) electrons. The van der Waals surface area contributed by atoms with Gasteiger partial charge in [-0.2, -0.15) is 4.39 Å². The van der Waals surface area contributed by atoms with Crippen LogP contribution in [0.1, 0.15) is 31.1 Å². The van der Waals surface area contributed by atoms with Crippen LogP contribution in [0.25, 0.3) is 11.4 Å². The molecule has 2 N–H and O–H groups in total. The molecule has 0 aliphatic rings. The number of pyridine rings is 1. The Morgan fingerprint density at radius 2 is 2.00 bits per heavy atom. The molecule has 3 aromatic heterocycles. The summed E-state index contributed by atoms with van der Waals surface area (Å²) in [5.74, 6) is -0.702. The smallest absolute Gasteiger partial charge is 0.253 e. The van der Waals surface area contributed by atoms with Crippen molar-refractivity contribution in [1.29, 1.82) is 0 Å². The second-order valence-corrected chi connectivity index (χ2v) is 7.85. The van der Waals surface area contributed by atoms with Crippen molar-refractivity contribution >= 4 is 28.7 Å². The van der Waals surface area contributed by atoms with Gasteiger partial charge in [-0.1, -0.05) is 6.07 Å². The molecular formula is C20H24FN5O2S. The first-order valence-corrected chi connectivity index (χ1v) is 9.79. The maximum atomic E-state index is 12.8. The van der Waals surface area contributed by atoms with Gasteiger partial charge in [0.05, 0.1) is 17.8 Å². The molecule has 0 atom stereocenters. The number of aldehydes is 1. The van der Waals surface area contributed by atoms with E-state index >= 15 is 0 Å². The standard InChI is InChI=1S/C11H16N2O2.C9H8FN3S/c1-11(2,3)13-6-4-9(8-13)10(15)12-5-7-14;1-11-9-13-7(5-14-9)6-3-2-4-8(10)12-6/h4,6-8H,5H2,1-3H3,(H,12,15);2-5H,1H3,(H,11,13). The van der Waals surface area contributed by atoms with Crippen LogP contribution in [-0.4, -0.2) is 40.3 Å². The normalized spacial score (nSPS) is 10.7. The van der Waals surface area contributed by atoms with E-state index in [2.05, 4.69) is 41.4 Å². The number of nitrogens with one attached hydrogen (secondary N) is 2.